The monoisotopic (exact) mass is 261 g/mol. The van der Waals surface area contributed by atoms with Gasteiger partial charge in [0.2, 0.25) is 7.42 Å². The van der Waals surface area contributed by atoms with Crippen LogP contribution in [0.2, 0.25) is 6.04 Å². The molecule has 1 aromatic rings. The minimum absolute atomic E-state index is 1.02. The third kappa shape index (κ3) is 5.45. The number of hydrogen-bond acceptors (Lipinski definition) is 1. The lowest BCUT2D eigenvalue weighted by Crippen LogP contribution is -2.18. The van der Waals surface area contributed by atoms with Gasteiger partial charge in [-0.3, -0.25) is 0 Å². The average Bonchev–Trinajstić information content (AvgIpc) is 2.25. The van der Waals surface area contributed by atoms with E-state index in [1.807, 2.05) is 6.07 Å². The number of para-hydroxylation sites is 1. The Kier molecular flexibility index (Phi) is 6.14. The quantitative estimate of drug-likeness (QED) is 0.430. The van der Waals surface area contributed by atoms with Crippen LogP contribution in [0.15, 0.2) is 30.3 Å². The Hall–Kier alpha value is -0.183. The summed E-state index contributed by atoms with van der Waals surface area (Å²) in [5.74, 6) is 0. The minimum atomic E-state index is -1.38. The molecule has 0 saturated carbocycles. The molecular formula is C11H17Cl2NSi. The Labute approximate surface area is 103 Å². The third-order valence-corrected chi connectivity index (χ3v) is 4.52. The Morgan fingerprint density at radius 1 is 1.13 bits per heavy atom. The normalized spacial score (nSPS) is 10.7. The standard InChI is InChI=1S/C11H17Cl2NSi/c1-14(9-5-6-10-15(12)13)11-7-3-2-4-8-11/h2-4,7-8,15H,5-6,9-10H2,1H3. The lowest BCUT2D eigenvalue weighted by molar-refractivity contribution is 0.765. The molecular weight excluding hydrogens is 245 g/mol. The molecule has 0 aliphatic carbocycles. The van der Waals surface area contributed by atoms with Crippen LogP contribution < -0.4 is 4.90 Å². The lowest BCUT2D eigenvalue weighted by Gasteiger charge is -2.18. The number of anilines is 1. The summed E-state index contributed by atoms with van der Waals surface area (Å²) in [6.45, 7) is 1.07. The van der Waals surface area contributed by atoms with Crippen molar-refractivity contribution in [2.45, 2.75) is 18.9 Å². The largest absolute Gasteiger partial charge is 0.375 e. The van der Waals surface area contributed by atoms with Gasteiger partial charge >= 0.3 is 0 Å². The summed E-state index contributed by atoms with van der Waals surface area (Å²) in [5, 5.41) is 0. The van der Waals surface area contributed by atoms with Crippen molar-refractivity contribution in [2.24, 2.45) is 0 Å². The highest BCUT2D eigenvalue weighted by Crippen LogP contribution is 2.13. The molecule has 0 aromatic heterocycles. The van der Waals surface area contributed by atoms with Crippen LogP contribution in [0, 0.1) is 0 Å². The first-order valence-electron chi connectivity index (χ1n) is 5.24. The molecule has 0 atom stereocenters. The molecule has 0 unspecified atom stereocenters. The van der Waals surface area contributed by atoms with Crippen LogP contribution in [0.1, 0.15) is 12.8 Å². The smallest absolute Gasteiger partial charge is 0.237 e. The number of unbranched alkanes of at least 4 members (excludes halogenated alkanes) is 1. The molecule has 0 fully saturated rings. The van der Waals surface area contributed by atoms with E-state index in [0.29, 0.717) is 0 Å². The number of benzene rings is 1. The summed E-state index contributed by atoms with van der Waals surface area (Å²) >= 11 is 11.6. The zero-order valence-electron chi connectivity index (χ0n) is 9.00. The van der Waals surface area contributed by atoms with Crippen molar-refractivity contribution in [3.63, 3.8) is 0 Å². The summed E-state index contributed by atoms with van der Waals surface area (Å²) in [6, 6.07) is 11.4. The third-order valence-electron chi connectivity index (χ3n) is 2.36. The molecule has 0 heterocycles. The van der Waals surface area contributed by atoms with Gasteiger partial charge in [0.1, 0.15) is 0 Å². The molecule has 1 aromatic carbocycles. The van der Waals surface area contributed by atoms with Gasteiger partial charge in [-0.15, -0.1) is 0 Å². The maximum atomic E-state index is 5.80. The Morgan fingerprint density at radius 2 is 1.80 bits per heavy atom. The van der Waals surface area contributed by atoms with Gasteiger partial charge in [0.25, 0.3) is 0 Å². The first kappa shape index (κ1) is 12.9. The molecule has 0 N–H and O–H groups in total. The summed E-state index contributed by atoms with van der Waals surface area (Å²) in [6.07, 6.45) is 2.30. The number of halogens is 2. The Morgan fingerprint density at radius 3 is 2.40 bits per heavy atom. The summed E-state index contributed by atoms with van der Waals surface area (Å²) in [4.78, 5) is 2.26. The first-order chi connectivity index (χ1) is 7.20. The van der Waals surface area contributed by atoms with Crippen LogP contribution in [-0.2, 0) is 0 Å². The van der Waals surface area contributed by atoms with Gasteiger partial charge in [0.05, 0.1) is 0 Å². The van der Waals surface area contributed by atoms with E-state index in [-0.39, 0.29) is 0 Å². The van der Waals surface area contributed by atoms with Crippen molar-refractivity contribution in [1.82, 2.24) is 0 Å². The Bertz CT molecular complexity index is 267. The second-order valence-electron chi connectivity index (χ2n) is 3.64. The van der Waals surface area contributed by atoms with E-state index in [1.54, 1.807) is 0 Å². The van der Waals surface area contributed by atoms with Gasteiger partial charge in [0.15, 0.2) is 0 Å². The molecule has 15 heavy (non-hydrogen) atoms. The van der Waals surface area contributed by atoms with Gasteiger partial charge < -0.3 is 4.90 Å². The molecule has 0 spiro atoms. The van der Waals surface area contributed by atoms with Crippen LogP contribution in [0.4, 0.5) is 5.69 Å². The van der Waals surface area contributed by atoms with Crippen LogP contribution in [-0.4, -0.2) is 21.0 Å². The average molecular weight is 262 g/mol. The van der Waals surface area contributed by atoms with Crippen molar-refractivity contribution < 1.29 is 0 Å². The van der Waals surface area contributed by atoms with E-state index in [0.717, 1.165) is 25.4 Å². The maximum Gasteiger partial charge on any atom is 0.237 e. The molecule has 0 saturated heterocycles. The number of nitrogens with zero attached hydrogens (tertiary/aromatic N) is 1. The predicted octanol–water partition coefficient (Wildman–Crippen LogP) is 3.60. The fourth-order valence-corrected chi connectivity index (χ4v) is 2.98. The first-order valence-corrected chi connectivity index (χ1v) is 9.55. The summed E-state index contributed by atoms with van der Waals surface area (Å²) in [7, 11) is 0.735. The van der Waals surface area contributed by atoms with E-state index in [4.69, 9.17) is 22.2 Å². The highest BCUT2D eigenvalue weighted by Gasteiger charge is 2.03. The van der Waals surface area contributed by atoms with Crippen molar-refractivity contribution in [3.05, 3.63) is 30.3 Å². The minimum Gasteiger partial charge on any atom is -0.375 e. The molecule has 1 rings (SSSR count). The van der Waals surface area contributed by atoms with Gasteiger partial charge in [-0.25, -0.2) is 0 Å². The molecule has 0 amide bonds. The van der Waals surface area contributed by atoms with Gasteiger partial charge in [-0.1, -0.05) is 24.6 Å². The van der Waals surface area contributed by atoms with Crippen LogP contribution in [0.5, 0.6) is 0 Å². The Balaban J connectivity index is 2.22. The van der Waals surface area contributed by atoms with Crippen molar-refractivity contribution in [3.8, 4) is 0 Å². The van der Waals surface area contributed by atoms with E-state index in [1.165, 1.54) is 5.69 Å². The molecule has 4 heteroatoms. The molecule has 0 aliphatic rings. The van der Waals surface area contributed by atoms with Crippen molar-refractivity contribution in [1.29, 1.82) is 0 Å². The molecule has 0 bridgehead atoms. The van der Waals surface area contributed by atoms with E-state index < -0.39 is 7.42 Å². The highest BCUT2D eigenvalue weighted by molar-refractivity contribution is 7.33. The maximum absolute atomic E-state index is 5.80. The summed E-state index contributed by atoms with van der Waals surface area (Å²) in [5.41, 5.74) is 1.27. The van der Waals surface area contributed by atoms with E-state index in [2.05, 4.69) is 36.2 Å². The topological polar surface area (TPSA) is 3.24 Å². The summed E-state index contributed by atoms with van der Waals surface area (Å²) < 4.78 is 0. The fraction of sp³-hybridized carbons (Fsp3) is 0.455. The highest BCUT2D eigenvalue weighted by atomic mass is 35.7. The lowest BCUT2D eigenvalue weighted by atomic mass is 10.2. The van der Waals surface area contributed by atoms with Crippen LogP contribution in [0.25, 0.3) is 0 Å². The number of rotatable bonds is 6. The molecule has 0 aliphatic heterocycles. The van der Waals surface area contributed by atoms with Gasteiger partial charge in [-0.05, 0) is 24.6 Å². The fourth-order valence-electron chi connectivity index (χ4n) is 1.46. The second-order valence-corrected chi connectivity index (χ2v) is 8.83. The van der Waals surface area contributed by atoms with Crippen molar-refractivity contribution >= 4 is 35.3 Å². The van der Waals surface area contributed by atoms with E-state index in [9.17, 15) is 0 Å². The molecule has 0 radical (unpaired) electrons. The zero-order valence-corrected chi connectivity index (χ0v) is 11.7. The predicted molar refractivity (Wildman–Crippen MR) is 72.6 cm³/mol. The second kappa shape index (κ2) is 7.15. The van der Waals surface area contributed by atoms with Crippen LogP contribution >= 0.6 is 22.2 Å². The van der Waals surface area contributed by atoms with E-state index >= 15 is 0 Å². The van der Waals surface area contributed by atoms with Gasteiger partial charge in [-0.2, -0.15) is 22.2 Å². The van der Waals surface area contributed by atoms with Gasteiger partial charge in [0, 0.05) is 19.3 Å². The van der Waals surface area contributed by atoms with Crippen LogP contribution in [0.3, 0.4) is 0 Å². The molecule has 84 valence electrons. The zero-order chi connectivity index (χ0) is 11.1. The number of hydrogen-bond donors (Lipinski definition) is 0. The van der Waals surface area contributed by atoms with Crippen molar-refractivity contribution in [2.75, 3.05) is 18.5 Å². The SMILES string of the molecule is CN(CCCC[SiH](Cl)Cl)c1ccccc1. The molecule has 1 nitrogen and oxygen atoms in total.